The molecule has 0 unspecified atom stereocenters. The summed E-state index contributed by atoms with van der Waals surface area (Å²) >= 11 is 1.59. The number of ether oxygens (including phenoxy) is 1. The van der Waals surface area contributed by atoms with Crippen molar-refractivity contribution in [1.82, 2.24) is 0 Å². The number of hydrogen-bond acceptors (Lipinski definition) is 5. The molecule has 0 atom stereocenters. The highest BCUT2D eigenvalue weighted by molar-refractivity contribution is 7.17. The number of anilines is 2. The number of aryl methyl sites for hydroxylation is 1. The topological polar surface area (TPSA) is 62.3 Å². The Morgan fingerprint density at radius 1 is 1.47 bits per heavy atom. The molecule has 0 aromatic carbocycles. The molecule has 2 N–H and O–H groups in total. The van der Waals surface area contributed by atoms with Gasteiger partial charge >= 0.3 is 0 Å². The van der Waals surface area contributed by atoms with Gasteiger partial charge in [-0.25, -0.2) is 0 Å². The van der Waals surface area contributed by atoms with Crippen LogP contribution in [-0.4, -0.2) is 26.3 Å². The lowest BCUT2D eigenvalue weighted by molar-refractivity contribution is 0.123. The third-order valence-corrected chi connectivity index (χ3v) is 3.70. The number of nitrogen functional groups attached to an aromatic ring is 1. The Kier molecular flexibility index (Phi) is 2.80. The highest BCUT2D eigenvalue weighted by atomic mass is 32.1. The maximum absolute atomic E-state index is 9.06. The van der Waals surface area contributed by atoms with Crippen LogP contribution in [0.15, 0.2) is 0 Å². The van der Waals surface area contributed by atoms with E-state index in [1.54, 1.807) is 11.3 Å². The third kappa shape index (κ3) is 1.78. The molecular weight excluding hydrogens is 210 g/mol. The molecule has 1 aliphatic rings. The van der Waals surface area contributed by atoms with E-state index in [2.05, 4.69) is 11.0 Å². The van der Waals surface area contributed by atoms with E-state index in [1.165, 1.54) is 0 Å². The van der Waals surface area contributed by atoms with Crippen molar-refractivity contribution in [2.24, 2.45) is 0 Å². The van der Waals surface area contributed by atoms with Gasteiger partial charge in [0.25, 0.3) is 0 Å². The van der Waals surface area contributed by atoms with E-state index in [9.17, 15) is 0 Å². The SMILES string of the molecule is Cc1sc(N2CCOCC2)c(C#N)c1N. The first-order chi connectivity index (χ1) is 7.24. The van der Waals surface area contributed by atoms with Crippen molar-refractivity contribution in [3.8, 4) is 6.07 Å². The standard InChI is InChI=1S/C10H13N3OS/c1-7-9(12)8(6-11)10(15-7)13-2-4-14-5-3-13/h2-5,12H2,1H3. The Morgan fingerprint density at radius 3 is 2.73 bits per heavy atom. The number of thiophene rings is 1. The molecule has 1 aromatic rings. The molecule has 1 saturated heterocycles. The zero-order chi connectivity index (χ0) is 10.8. The molecule has 0 amide bonds. The molecule has 0 saturated carbocycles. The highest BCUT2D eigenvalue weighted by Crippen LogP contribution is 2.37. The Hall–Kier alpha value is -1.25. The molecule has 4 nitrogen and oxygen atoms in total. The van der Waals surface area contributed by atoms with Crippen LogP contribution in [0.2, 0.25) is 0 Å². The zero-order valence-electron chi connectivity index (χ0n) is 8.62. The number of rotatable bonds is 1. The lowest BCUT2D eigenvalue weighted by atomic mass is 10.2. The summed E-state index contributed by atoms with van der Waals surface area (Å²) in [4.78, 5) is 3.20. The molecule has 80 valence electrons. The maximum Gasteiger partial charge on any atom is 0.112 e. The van der Waals surface area contributed by atoms with E-state index in [4.69, 9.17) is 15.7 Å². The molecule has 1 aromatic heterocycles. The van der Waals surface area contributed by atoms with Gasteiger partial charge in [-0.15, -0.1) is 11.3 Å². The van der Waals surface area contributed by atoms with Crippen LogP contribution in [0.3, 0.4) is 0 Å². The first-order valence-electron chi connectivity index (χ1n) is 4.85. The minimum Gasteiger partial charge on any atom is -0.397 e. The van der Waals surface area contributed by atoms with E-state index in [-0.39, 0.29) is 0 Å². The summed E-state index contributed by atoms with van der Waals surface area (Å²) in [7, 11) is 0. The second-order valence-electron chi connectivity index (χ2n) is 3.46. The summed E-state index contributed by atoms with van der Waals surface area (Å²) < 4.78 is 5.28. The average molecular weight is 223 g/mol. The van der Waals surface area contributed by atoms with Crippen molar-refractivity contribution in [3.63, 3.8) is 0 Å². The van der Waals surface area contributed by atoms with E-state index in [1.807, 2.05) is 6.92 Å². The van der Waals surface area contributed by atoms with Crippen molar-refractivity contribution in [2.45, 2.75) is 6.92 Å². The van der Waals surface area contributed by atoms with Crippen LogP contribution in [-0.2, 0) is 4.74 Å². The normalized spacial score (nSPS) is 16.4. The van der Waals surface area contributed by atoms with Gasteiger partial charge in [-0.05, 0) is 6.92 Å². The van der Waals surface area contributed by atoms with Crippen LogP contribution in [0.5, 0.6) is 0 Å². The quantitative estimate of drug-likeness (QED) is 0.780. The Labute approximate surface area is 92.9 Å². The predicted molar refractivity (Wildman–Crippen MR) is 61.2 cm³/mol. The first kappa shape index (κ1) is 10.3. The Bertz CT molecular complexity index is 402. The number of morpholine rings is 1. The number of hydrogen-bond donors (Lipinski definition) is 1. The largest absolute Gasteiger partial charge is 0.397 e. The molecule has 1 aliphatic heterocycles. The van der Waals surface area contributed by atoms with Gasteiger partial charge in [0.05, 0.1) is 18.9 Å². The molecule has 0 radical (unpaired) electrons. The second kappa shape index (κ2) is 4.09. The van der Waals surface area contributed by atoms with Gasteiger partial charge < -0.3 is 15.4 Å². The number of nitriles is 1. The molecule has 0 bridgehead atoms. The van der Waals surface area contributed by atoms with Crippen LogP contribution in [0, 0.1) is 18.3 Å². The highest BCUT2D eigenvalue weighted by Gasteiger charge is 2.20. The molecular formula is C10H13N3OS. The summed E-state index contributed by atoms with van der Waals surface area (Å²) in [6, 6.07) is 2.18. The molecule has 2 rings (SSSR count). The average Bonchev–Trinajstić information content (AvgIpc) is 2.56. The molecule has 0 aliphatic carbocycles. The zero-order valence-corrected chi connectivity index (χ0v) is 9.43. The van der Waals surface area contributed by atoms with Gasteiger partial charge in [0.15, 0.2) is 0 Å². The first-order valence-corrected chi connectivity index (χ1v) is 5.67. The van der Waals surface area contributed by atoms with Crippen molar-refractivity contribution < 1.29 is 4.74 Å². The fourth-order valence-corrected chi connectivity index (χ4v) is 2.71. The van der Waals surface area contributed by atoms with E-state index >= 15 is 0 Å². The fraction of sp³-hybridized carbons (Fsp3) is 0.500. The number of nitrogens with zero attached hydrogens (tertiary/aromatic N) is 2. The van der Waals surface area contributed by atoms with Crippen LogP contribution >= 0.6 is 11.3 Å². The maximum atomic E-state index is 9.06. The van der Waals surface area contributed by atoms with Crippen molar-refractivity contribution in [1.29, 1.82) is 5.26 Å². The summed E-state index contributed by atoms with van der Waals surface area (Å²) in [6.07, 6.45) is 0. The van der Waals surface area contributed by atoms with Crippen molar-refractivity contribution in [3.05, 3.63) is 10.4 Å². The smallest absolute Gasteiger partial charge is 0.112 e. The monoisotopic (exact) mass is 223 g/mol. The van der Waals surface area contributed by atoms with Gasteiger partial charge in [-0.3, -0.25) is 0 Å². The summed E-state index contributed by atoms with van der Waals surface area (Å²) in [6.45, 7) is 5.08. The van der Waals surface area contributed by atoms with E-state index in [0.29, 0.717) is 11.3 Å². The fourth-order valence-electron chi connectivity index (χ4n) is 1.64. The second-order valence-corrected chi connectivity index (χ2v) is 4.67. The summed E-state index contributed by atoms with van der Waals surface area (Å²) in [5, 5.41) is 10.1. The molecule has 0 spiro atoms. The van der Waals surface area contributed by atoms with Gasteiger partial charge in [0.1, 0.15) is 16.6 Å². The minimum atomic E-state index is 0.624. The van der Waals surface area contributed by atoms with Gasteiger partial charge in [0.2, 0.25) is 0 Å². The lowest BCUT2D eigenvalue weighted by Crippen LogP contribution is -2.36. The predicted octanol–water partition coefficient (Wildman–Crippen LogP) is 1.35. The van der Waals surface area contributed by atoms with Gasteiger partial charge in [0, 0.05) is 18.0 Å². The summed E-state index contributed by atoms with van der Waals surface area (Å²) in [5.41, 5.74) is 7.10. The van der Waals surface area contributed by atoms with E-state index < -0.39 is 0 Å². The molecule has 2 heterocycles. The molecule has 15 heavy (non-hydrogen) atoms. The summed E-state index contributed by atoms with van der Waals surface area (Å²) in [5.74, 6) is 0. The lowest BCUT2D eigenvalue weighted by Gasteiger charge is -2.27. The van der Waals surface area contributed by atoms with Crippen LogP contribution in [0.1, 0.15) is 10.4 Å². The Balaban J connectivity index is 2.35. The van der Waals surface area contributed by atoms with Gasteiger partial charge in [-0.1, -0.05) is 0 Å². The third-order valence-electron chi connectivity index (χ3n) is 2.52. The van der Waals surface area contributed by atoms with Crippen molar-refractivity contribution >= 4 is 22.0 Å². The van der Waals surface area contributed by atoms with Crippen LogP contribution < -0.4 is 10.6 Å². The minimum absolute atomic E-state index is 0.624. The van der Waals surface area contributed by atoms with Crippen LogP contribution in [0.25, 0.3) is 0 Å². The van der Waals surface area contributed by atoms with Gasteiger partial charge in [-0.2, -0.15) is 5.26 Å². The molecule has 1 fully saturated rings. The Morgan fingerprint density at radius 2 is 2.13 bits per heavy atom. The van der Waals surface area contributed by atoms with Crippen LogP contribution in [0.4, 0.5) is 10.7 Å². The number of nitrogens with two attached hydrogens (primary N) is 1. The van der Waals surface area contributed by atoms with E-state index in [0.717, 1.165) is 36.2 Å². The van der Waals surface area contributed by atoms with Crippen molar-refractivity contribution in [2.75, 3.05) is 36.9 Å². The molecule has 5 heteroatoms.